The third-order valence-corrected chi connectivity index (χ3v) is 5.07. The molecule has 1 fully saturated rings. The molecule has 1 aromatic carbocycles. The molecule has 0 amide bonds. The first-order valence-corrected chi connectivity index (χ1v) is 7.93. The number of nitrogens with two attached hydrogens (primary N) is 1. The Balaban J connectivity index is 1.94. The van der Waals surface area contributed by atoms with E-state index in [2.05, 4.69) is 41.9 Å². The lowest BCUT2D eigenvalue weighted by Crippen LogP contribution is -2.48. The summed E-state index contributed by atoms with van der Waals surface area (Å²) in [4.78, 5) is 0. The Labute approximate surface area is 123 Å². The fourth-order valence-electron chi connectivity index (χ4n) is 3.89. The van der Waals surface area contributed by atoms with Crippen molar-refractivity contribution < 1.29 is 4.74 Å². The van der Waals surface area contributed by atoms with E-state index >= 15 is 0 Å². The van der Waals surface area contributed by atoms with Gasteiger partial charge in [-0.15, -0.1) is 0 Å². The number of hydrogen-bond donors (Lipinski definition) is 1. The van der Waals surface area contributed by atoms with Gasteiger partial charge in [-0.05, 0) is 49.3 Å². The highest BCUT2D eigenvalue weighted by Crippen LogP contribution is 2.50. The van der Waals surface area contributed by atoms with Gasteiger partial charge >= 0.3 is 0 Å². The number of benzene rings is 1. The minimum Gasteiger partial charge on any atom is -0.487 e. The van der Waals surface area contributed by atoms with E-state index < -0.39 is 0 Å². The van der Waals surface area contributed by atoms with Gasteiger partial charge in [0.05, 0.1) is 0 Å². The number of ether oxygens (including phenoxy) is 1. The quantitative estimate of drug-likeness (QED) is 0.759. The van der Waals surface area contributed by atoms with E-state index in [1.54, 1.807) is 0 Å². The zero-order chi connectivity index (χ0) is 13.7. The number of fused-ring (bicyclic) bond motifs is 1. The van der Waals surface area contributed by atoms with Crippen LogP contribution in [0.4, 0.5) is 0 Å². The summed E-state index contributed by atoms with van der Waals surface area (Å²) >= 11 is 3.51. The summed E-state index contributed by atoms with van der Waals surface area (Å²) in [6, 6.07) is 6.29. The van der Waals surface area contributed by atoms with Crippen molar-refractivity contribution in [3.8, 4) is 5.75 Å². The molecule has 104 valence electrons. The predicted octanol–water partition coefficient (Wildman–Crippen LogP) is 4.57. The van der Waals surface area contributed by atoms with E-state index in [9.17, 15) is 0 Å². The molecule has 1 saturated carbocycles. The van der Waals surface area contributed by atoms with Gasteiger partial charge in [0.15, 0.2) is 0 Å². The van der Waals surface area contributed by atoms with Crippen LogP contribution in [0.25, 0.3) is 0 Å². The van der Waals surface area contributed by atoms with Gasteiger partial charge in [0.25, 0.3) is 0 Å². The van der Waals surface area contributed by atoms with Gasteiger partial charge in [-0.25, -0.2) is 0 Å². The predicted molar refractivity (Wildman–Crippen MR) is 81.3 cm³/mol. The summed E-state index contributed by atoms with van der Waals surface area (Å²) in [7, 11) is 0. The number of rotatable bonds is 0. The second kappa shape index (κ2) is 4.49. The molecule has 2 unspecified atom stereocenters. The fourth-order valence-corrected chi connectivity index (χ4v) is 4.27. The molecule has 1 aliphatic heterocycles. The monoisotopic (exact) mass is 323 g/mol. The van der Waals surface area contributed by atoms with E-state index in [1.165, 1.54) is 12.8 Å². The minimum absolute atomic E-state index is 0.0397. The molecule has 1 heterocycles. The van der Waals surface area contributed by atoms with Crippen LogP contribution in [0.1, 0.15) is 57.6 Å². The van der Waals surface area contributed by atoms with E-state index in [4.69, 9.17) is 10.5 Å². The van der Waals surface area contributed by atoms with Crippen molar-refractivity contribution in [2.45, 2.75) is 57.6 Å². The topological polar surface area (TPSA) is 35.2 Å². The lowest BCUT2D eigenvalue weighted by atomic mass is 9.66. The van der Waals surface area contributed by atoms with Crippen LogP contribution in [0.3, 0.4) is 0 Å². The van der Waals surface area contributed by atoms with Crippen LogP contribution in [-0.4, -0.2) is 5.60 Å². The van der Waals surface area contributed by atoms with Crippen LogP contribution < -0.4 is 10.5 Å². The van der Waals surface area contributed by atoms with Gasteiger partial charge in [0.2, 0.25) is 0 Å². The van der Waals surface area contributed by atoms with Crippen LogP contribution in [0.2, 0.25) is 0 Å². The molecule has 0 radical (unpaired) electrons. The molecule has 2 aliphatic rings. The standard InChI is InChI=1S/C16H22BrNO/c1-15(2)6-3-7-16(10-15)9-13(18)12-8-11(17)4-5-14(12)19-16/h4-5,8,13H,3,6-7,9-10,18H2,1-2H3. The summed E-state index contributed by atoms with van der Waals surface area (Å²) in [5, 5.41) is 0. The van der Waals surface area contributed by atoms with Crippen molar-refractivity contribution in [3.05, 3.63) is 28.2 Å². The van der Waals surface area contributed by atoms with Gasteiger partial charge in [-0.1, -0.05) is 29.8 Å². The van der Waals surface area contributed by atoms with Crippen LogP contribution in [0, 0.1) is 5.41 Å². The third kappa shape index (κ3) is 2.55. The van der Waals surface area contributed by atoms with E-state index in [1.807, 2.05) is 6.07 Å². The van der Waals surface area contributed by atoms with Crippen LogP contribution >= 0.6 is 15.9 Å². The molecular weight excluding hydrogens is 302 g/mol. The maximum absolute atomic E-state index is 6.42. The second-order valence-electron chi connectivity index (χ2n) is 6.97. The Hall–Kier alpha value is -0.540. The highest BCUT2D eigenvalue weighted by molar-refractivity contribution is 9.10. The van der Waals surface area contributed by atoms with Gasteiger partial charge in [-0.2, -0.15) is 0 Å². The molecule has 0 bridgehead atoms. The smallest absolute Gasteiger partial charge is 0.124 e. The average molecular weight is 324 g/mol. The maximum atomic E-state index is 6.42. The molecule has 1 aliphatic carbocycles. The van der Waals surface area contributed by atoms with Gasteiger partial charge < -0.3 is 10.5 Å². The van der Waals surface area contributed by atoms with Gasteiger partial charge in [-0.3, -0.25) is 0 Å². The summed E-state index contributed by atoms with van der Waals surface area (Å²) < 4.78 is 7.49. The molecule has 0 saturated heterocycles. The summed E-state index contributed by atoms with van der Waals surface area (Å²) in [5.41, 5.74) is 7.88. The zero-order valence-electron chi connectivity index (χ0n) is 11.7. The Bertz CT molecular complexity index is 500. The molecule has 1 aromatic rings. The number of hydrogen-bond acceptors (Lipinski definition) is 2. The van der Waals surface area contributed by atoms with E-state index in [0.29, 0.717) is 5.41 Å². The molecule has 3 heteroatoms. The van der Waals surface area contributed by atoms with Crippen LogP contribution in [-0.2, 0) is 0 Å². The largest absolute Gasteiger partial charge is 0.487 e. The molecule has 2 atom stereocenters. The van der Waals surface area contributed by atoms with Crippen molar-refractivity contribution in [1.82, 2.24) is 0 Å². The molecular formula is C16H22BrNO. The van der Waals surface area contributed by atoms with Crippen molar-refractivity contribution in [2.24, 2.45) is 11.1 Å². The first-order valence-electron chi connectivity index (χ1n) is 7.13. The Kier molecular flexibility index (Phi) is 3.18. The van der Waals surface area contributed by atoms with Crippen LogP contribution in [0.5, 0.6) is 5.75 Å². The van der Waals surface area contributed by atoms with Crippen LogP contribution in [0.15, 0.2) is 22.7 Å². The molecule has 3 rings (SSSR count). The van der Waals surface area contributed by atoms with Crippen molar-refractivity contribution in [3.63, 3.8) is 0 Å². The zero-order valence-corrected chi connectivity index (χ0v) is 13.3. The molecule has 19 heavy (non-hydrogen) atoms. The van der Waals surface area contributed by atoms with Gasteiger partial charge in [0, 0.05) is 22.5 Å². The van der Waals surface area contributed by atoms with Crippen molar-refractivity contribution in [1.29, 1.82) is 0 Å². The van der Waals surface area contributed by atoms with Crippen molar-refractivity contribution in [2.75, 3.05) is 0 Å². The SMILES string of the molecule is CC1(C)CCCC2(CC(N)c3cc(Br)ccc3O2)C1. The summed E-state index contributed by atoms with van der Waals surface area (Å²) in [6.45, 7) is 4.69. The van der Waals surface area contributed by atoms with E-state index in [-0.39, 0.29) is 11.6 Å². The molecule has 2 nitrogen and oxygen atoms in total. The Morgan fingerprint density at radius 2 is 2.11 bits per heavy atom. The Morgan fingerprint density at radius 3 is 2.84 bits per heavy atom. The van der Waals surface area contributed by atoms with Gasteiger partial charge in [0.1, 0.15) is 11.4 Å². The highest BCUT2D eigenvalue weighted by atomic mass is 79.9. The molecule has 0 aromatic heterocycles. The lowest BCUT2D eigenvalue weighted by Gasteiger charge is -2.48. The fraction of sp³-hybridized carbons (Fsp3) is 0.625. The maximum Gasteiger partial charge on any atom is 0.124 e. The summed E-state index contributed by atoms with van der Waals surface area (Å²) in [5.74, 6) is 0.986. The summed E-state index contributed by atoms with van der Waals surface area (Å²) in [6.07, 6.45) is 5.73. The normalized spacial score (nSPS) is 32.7. The second-order valence-corrected chi connectivity index (χ2v) is 7.89. The third-order valence-electron chi connectivity index (χ3n) is 4.58. The Morgan fingerprint density at radius 1 is 1.32 bits per heavy atom. The first-order chi connectivity index (χ1) is 8.89. The highest BCUT2D eigenvalue weighted by Gasteiger charge is 2.45. The van der Waals surface area contributed by atoms with E-state index in [0.717, 1.165) is 35.0 Å². The van der Waals surface area contributed by atoms with Crippen molar-refractivity contribution >= 4 is 15.9 Å². The molecule has 1 spiro atoms. The lowest BCUT2D eigenvalue weighted by molar-refractivity contribution is -0.0385. The number of halogens is 1. The molecule has 2 N–H and O–H groups in total. The average Bonchev–Trinajstić information content (AvgIpc) is 2.29. The minimum atomic E-state index is -0.0397. The first kappa shape index (κ1) is 13.4.